The normalized spacial score (nSPS) is 26.7. The summed E-state index contributed by atoms with van der Waals surface area (Å²) in [5.41, 5.74) is 2.75. The molecule has 0 unspecified atom stereocenters. The topological polar surface area (TPSA) is 48.8 Å². The van der Waals surface area contributed by atoms with Crippen LogP contribution in [0.25, 0.3) is 0 Å². The van der Waals surface area contributed by atoms with Crippen molar-refractivity contribution in [3.05, 3.63) is 0 Å². The average Bonchev–Trinajstić information content (AvgIpc) is 2.03. The Labute approximate surface area is 158 Å². The van der Waals surface area contributed by atoms with Gasteiger partial charge in [-0.15, -0.1) is 0 Å². The molecule has 2 rings (SSSR count). The Kier molecular flexibility index (Phi) is 7.49. The predicted octanol–water partition coefficient (Wildman–Crippen LogP) is 3.91. The first-order valence-electron chi connectivity index (χ1n) is 8.31. The van der Waals surface area contributed by atoms with Gasteiger partial charge in [0.1, 0.15) is 11.3 Å². The molecule has 5 heteroatoms. The Morgan fingerprint density at radius 1 is 0.652 bits per heavy atom. The van der Waals surface area contributed by atoms with Gasteiger partial charge in [0.15, 0.2) is 0 Å². The maximum Gasteiger partial charge on any atom is 1.00 e. The van der Waals surface area contributed by atoms with Crippen molar-refractivity contribution < 1.29 is 22.4 Å². The minimum atomic E-state index is -0.0775. The third kappa shape index (κ3) is 8.59. The average molecular weight is 505 g/mol. The van der Waals surface area contributed by atoms with Gasteiger partial charge in [0.25, 0.3) is 0 Å². The monoisotopic (exact) mass is 505 g/mol. The fourth-order valence-electron chi connectivity index (χ4n) is 4.11. The van der Waals surface area contributed by atoms with Crippen LogP contribution in [0.5, 0.6) is 0 Å². The van der Waals surface area contributed by atoms with Gasteiger partial charge in [0.05, 0.1) is 0 Å². The second-order valence-electron chi connectivity index (χ2n) is 9.18. The van der Waals surface area contributed by atoms with Gasteiger partial charge in [-0.2, -0.15) is 0 Å². The van der Waals surface area contributed by atoms with Crippen molar-refractivity contribution in [2.75, 3.05) is 0 Å². The summed E-state index contributed by atoms with van der Waals surface area (Å²) < 4.78 is 0. The molecule has 0 bridgehead atoms. The van der Waals surface area contributed by atoms with Gasteiger partial charge in [-0.3, -0.25) is 20.6 Å². The summed E-state index contributed by atoms with van der Waals surface area (Å²) in [6, 6.07) is 0. The van der Waals surface area contributed by atoms with Crippen LogP contribution in [0, 0.1) is 0 Å². The summed E-state index contributed by atoms with van der Waals surface area (Å²) in [5.74, 6) is 0. The van der Waals surface area contributed by atoms with E-state index in [0.717, 1.165) is 12.8 Å². The molecule has 138 valence electrons. The van der Waals surface area contributed by atoms with Crippen LogP contribution in [0.2, 0.25) is 0 Å². The van der Waals surface area contributed by atoms with Gasteiger partial charge in [0, 0.05) is 35.3 Å². The third-order valence-corrected chi connectivity index (χ3v) is 3.62. The summed E-state index contributed by atoms with van der Waals surface area (Å²) in [7, 11) is 0. The van der Waals surface area contributed by atoms with E-state index >= 15 is 0 Å². The molecular formula is C18H36AuN4+. The van der Waals surface area contributed by atoms with Crippen molar-refractivity contribution in [3.63, 3.8) is 0 Å². The molecule has 0 aliphatic carbocycles. The molecule has 0 aromatic carbocycles. The summed E-state index contributed by atoms with van der Waals surface area (Å²) in [6.45, 7) is 21.5. The summed E-state index contributed by atoms with van der Waals surface area (Å²) >= 11 is 0. The number of rotatable bonds is 0. The molecule has 0 fully saturated rings. The zero-order valence-electron chi connectivity index (χ0n) is 16.6. The fourth-order valence-corrected chi connectivity index (χ4v) is 4.11. The van der Waals surface area contributed by atoms with Crippen molar-refractivity contribution in [2.45, 2.75) is 104 Å². The SMILES string of the molecule is CC1=NC(C)(C)NC(C)(C)C1.CC1=NC(C)(C)NC(C)(C)C1.[Au+]. The van der Waals surface area contributed by atoms with Crippen molar-refractivity contribution in [3.8, 4) is 0 Å². The Balaban J connectivity index is 0.000000403. The first-order chi connectivity index (χ1) is 9.62. The maximum atomic E-state index is 4.52. The van der Waals surface area contributed by atoms with Crippen LogP contribution in [0.15, 0.2) is 9.98 Å². The van der Waals surface area contributed by atoms with Crippen LogP contribution in [0.1, 0.15) is 82.1 Å². The second kappa shape index (κ2) is 7.49. The maximum absolute atomic E-state index is 4.52. The fraction of sp³-hybridized carbons (Fsp3) is 0.889. The Morgan fingerprint density at radius 2 is 0.913 bits per heavy atom. The predicted molar refractivity (Wildman–Crippen MR) is 98.0 cm³/mol. The molecule has 0 saturated heterocycles. The molecule has 2 aliphatic rings. The van der Waals surface area contributed by atoms with Crippen molar-refractivity contribution in [2.24, 2.45) is 9.98 Å². The van der Waals surface area contributed by atoms with E-state index < -0.39 is 0 Å². The number of hydrogen-bond donors (Lipinski definition) is 2. The standard InChI is InChI=1S/2C9H18N2.Au/c2*1-7-6-8(2,3)11-9(4,5)10-7;/h2*11H,6H2,1-5H3;/q;;+1. The van der Waals surface area contributed by atoms with Gasteiger partial charge in [-0.05, 0) is 69.2 Å². The van der Waals surface area contributed by atoms with Gasteiger partial charge in [-0.25, -0.2) is 0 Å². The van der Waals surface area contributed by atoms with Gasteiger partial charge < -0.3 is 0 Å². The molecule has 2 heterocycles. The molecule has 23 heavy (non-hydrogen) atoms. The number of nitrogens with zero attached hydrogens (tertiary/aromatic N) is 2. The molecule has 0 aromatic heterocycles. The summed E-state index contributed by atoms with van der Waals surface area (Å²) in [5, 5.41) is 6.95. The molecule has 0 spiro atoms. The zero-order chi connectivity index (χ0) is 17.4. The van der Waals surface area contributed by atoms with E-state index in [-0.39, 0.29) is 44.8 Å². The Bertz CT molecular complexity index is 429. The smallest absolute Gasteiger partial charge is 0.288 e. The molecule has 0 atom stereocenters. The van der Waals surface area contributed by atoms with E-state index in [2.05, 4.69) is 89.9 Å². The molecule has 0 radical (unpaired) electrons. The van der Waals surface area contributed by atoms with Crippen molar-refractivity contribution in [1.82, 2.24) is 10.6 Å². The van der Waals surface area contributed by atoms with Crippen LogP contribution < -0.4 is 10.6 Å². The van der Waals surface area contributed by atoms with Gasteiger partial charge >= 0.3 is 22.4 Å². The molecule has 2 N–H and O–H groups in total. The molecule has 2 aliphatic heterocycles. The van der Waals surface area contributed by atoms with Gasteiger partial charge in [-0.1, -0.05) is 0 Å². The van der Waals surface area contributed by atoms with E-state index in [1.807, 2.05) is 0 Å². The van der Waals surface area contributed by atoms with E-state index in [0.29, 0.717) is 0 Å². The van der Waals surface area contributed by atoms with Gasteiger partial charge in [0.2, 0.25) is 0 Å². The first-order valence-corrected chi connectivity index (χ1v) is 8.31. The zero-order valence-corrected chi connectivity index (χ0v) is 18.8. The number of hydrogen-bond acceptors (Lipinski definition) is 4. The minimum Gasteiger partial charge on any atom is -0.288 e. The molecule has 0 amide bonds. The molecule has 4 nitrogen and oxygen atoms in total. The number of aliphatic imine (C=N–C) groups is 2. The van der Waals surface area contributed by atoms with Crippen LogP contribution in [-0.4, -0.2) is 33.8 Å². The second-order valence-corrected chi connectivity index (χ2v) is 9.18. The first kappa shape index (κ1) is 23.0. The van der Waals surface area contributed by atoms with Crippen molar-refractivity contribution in [1.29, 1.82) is 0 Å². The van der Waals surface area contributed by atoms with E-state index in [1.165, 1.54) is 11.4 Å². The van der Waals surface area contributed by atoms with Crippen LogP contribution in [0.3, 0.4) is 0 Å². The third-order valence-electron chi connectivity index (χ3n) is 3.62. The van der Waals surface area contributed by atoms with Crippen LogP contribution in [-0.2, 0) is 22.4 Å². The summed E-state index contributed by atoms with van der Waals surface area (Å²) in [4.78, 5) is 9.03. The quantitative estimate of drug-likeness (QED) is 0.491. The van der Waals surface area contributed by atoms with E-state index in [1.54, 1.807) is 0 Å². The van der Waals surface area contributed by atoms with E-state index in [4.69, 9.17) is 0 Å². The Hall–Kier alpha value is 0.000260. The van der Waals surface area contributed by atoms with Crippen molar-refractivity contribution >= 4 is 11.4 Å². The molecule has 0 saturated carbocycles. The van der Waals surface area contributed by atoms with E-state index in [9.17, 15) is 0 Å². The minimum absolute atomic E-state index is 0. The van der Waals surface area contributed by atoms with Crippen LogP contribution >= 0.6 is 0 Å². The Morgan fingerprint density at radius 3 is 1.09 bits per heavy atom. The van der Waals surface area contributed by atoms with Crippen LogP contribution in [0.4, 0.5) is 0 Å². The molecular weight excluding hydrogens is 469 g/mol. The number of nitrogens with one attached hydrogen (secondary N) is 2. The largest absolute Gasteiger partial charge is 1.00 e. The molecule has 0 aromatic rings. The summed E-state index contributed by atoms with van der Waals surface area (Å²) in [6.07, 6.45) is 2.10.